The van der Waals surface area contributed by atoms with Gasteiger partial charge in [-0.05, 0) is 48.9 Å². The van der Waals surface area contributed by atoms with Crippen molar-refractivity contribution in [3.63, 3.8) is 0 Å². The molecule has 0 saturated carbocycles. The van der Waals surface area contributed by atoms with E-state index < -0.39 is 0 Å². The monoisotopic (exact) mass is 286 g/mol. The molecule has 4 rings (SSSR count). The fourth-order valence-corrected chi connectivity index (χ4v) is 4.33. The van der Waals surface area contributed by atoms with E-state index in [1.165, 1.54) is 24.0 Å². The number of piperazine rings is 1. The average Bonchev–Trinajstić information content (AvgIpc) is 2.87. The number of carbonyl (C=O) groups excluding carboxylic acids is 1. The number of aromatic hydroxyl groups is 1. The molecule has 2 fully saturated rings. The van der Waals surface area contributed by atoms with Crippen LogP contribution < -0.4 is 0 Å². The molecule has 0 spiro atoms. The zero-order valence-corrected chi connectivity index (χ0v) is 12.3. The van der Waals surface area contributed by atoms with Crippen molar-refractivity contribution < 1.29 is 9.90 Å². The summed E-state index contributed by atoms with van der Waals surface area (Å²) < 4.78 is 0. The van der Waals surface area contributed by atoms with Gasteiger partial charge >= 0.3 is 0 Å². The third kappa shape index (κ3) is 2.22. The van der Waals surface area contributed by atoms with E-state index in [0.29, 0.717) is 23.7 Å². The number of hydrogen-bond donors (Lipinski definition) is 1. The van der Waals surface area contributed by atoms with Gasteiger partial charge in [0.25, 0.3) is 0 Å². The van der Waals surface area contributed by atoms with Gasteiger partial charge in [-0.25, -0.2) is 0 Å². The Bertz CT molecular complexity index is 572. The first-order valence-electron chi connectivity index (χ1n) is 8.07. The molecule has 4 nitrogen and oxygen atoms in total. The number of phenolic OH excluding ortho intramolecular Hbond substituents is 1. The van der Waals surface area contributed by atoms with Crippen LogP contribution in [0.25, 0.3) is 0 Å². The normalized spacial score (nSPS) is 29.3. The number of carbonyl (C=O) groups is 1. The van der Waals surface area contributed by atoms with Crippen molar-refractivity contribution in [2.24, 2.45) is 0 Å². The fraction of sp³-hybridized carbons (Fsp3) is 0.588. The van der Waals surface area contributed by atoms with E-state index in [1.807, 2.05) is 12.1 Å². The lowest BCUT2D eigenvalue weighted by atomic mass is 9.86. The first kappa shape index (κ1) is 13.1. The van der Waals surface area contributed by atoms with Gasteiger partial charge in [-0.1, -0.05) is 6.07 Å². The highest BCUT2D eigenvalue weighted by Gasteiger charge is 2.38. The predicted molar refractivity (Wildman–Crippen MR) is 80.1 cm³/mol. The van der Waals surface area contributed by atoms with E-state index >= 15 is 0 Å². The number of aryl methyl sites for hydroxylation is 1. The van der Waals surface area contributed by atoms with Crippen LogP contribution in [0.1, 0.15) is 42.9 Å². The van der Waals surface area contributed by atoms with Crippen molar-refractivity contribution in [3.05, 3.63) is 29.3 Å². The standard InChI is InChI=1S/C17H22N2O2/c20-14-5-6-15-12(10-14)2-1-3-16(15)18-8-9-19-13(11-18)4-7-17(19)21/h5-6,10,13,16,20H,1-4,7-9,11H2. The molecule has 2 atom stereocenters. The highest BCUT2D eigenvalue weighted by molar-refractivity contribution is 5.78. The molecule has 1 N–H and O–H groups in total. The summed E-state index contributed by atoms with van der Waals surface area (Å²) in [5, 5.41) is 9.68. The highest BCUT2D eigenvalue weighted by Crippen LogP contribution is 2.37. The summed E-state index contributed by atoms with van der Waals surface area (Å²) in [7, 11) is 0. The van der Waals surface area contributed by atoms with Gasteiger partial charge in [0.15, 0.2) is 0 Å². The Morgan fingerprint density at radius 2 is 2.05 bits per heavy atom. The number of benzene rings is 1. The van der Waals surface area contributed by atoms with Gasteiger partial charge in [-0.3, -0.25) is 9.69 Å². The summed E-state index contributed by atoms with van der Waals surface area (Å²) in [5.74, 6) is 0.717. The average molecular weight is 286 g/mol. The molecule has 2 aliphatic heterocycles. The zero-order valence-electron chi connectivity index (χ0n) is 12.3. The van der Waals surface area contributed by atoms with Crippen molar-refractivity contribution in [3.8, 4) is 5.75 Å². The van der Waals surface area contributed by atoms with Crippen LogP contribution in [0, 0.1) is 0 Å². The van der Waals surface area contributed by atoms with Crippen LogP contribution in [0.2, 0.25) is 0 Å². The molecule has 3 aliphatic rings. The van der Waals surface area contributed by atoms with E-state index in [2.05, 4.69) is 15.9 Å². The van der Waals surface area contributed by atoms with Gasteiger partial charge in [-0.15, -0.1) is 0 Å². The van der Waals surface area contributed by atoms with Gasteiger partial charge in [0, 0.05) is 38.1 Å². The minimum Gasteiger partial charge on any atom is -0.508 e. The van der Waals surface area contributed by atoms with Gasteiger partial charge in [-0.2, -0.15) is 0 Å². The third-order valence-corrected chi connectivity index (χ3v) is 5.38. The maximum atomic E-state index is 11.8. The van der Waals surface area contributed by atoms with Crippen molar-refractivity contribution >= 4 is 5.91 Å². The second-order valence-electron chi connectivity index (χ2n) is 6.57. The molecule has 2 heterocycles. The Morgan fingerprint density at radius 3 is 2.95 bits per heavy atom. The highest BCUT2D eigenvalue weighted by atomic mass is 16.3. The van der Waals surface area contributed by atoms with E-state index in [4.69, 9.17) is 0 Å². The smallest absolute Gasteiger partial charge is 0.222 e. The van der Waals surface area contributed by atoms with E-state index in [-0.39, 0.29) is 0 Å². The third-order valence-electron chi connectivity index (χ3n) is 5.38. The molecule has 4 heteroatoms. The van der Waals surface area contributed by atoms with Crippen molar-refractivity contribution in [1.29, 1.82) is 0 Å². The molecular formula is C17H22N2O2. The number of nitrogens with zero attached hydrogens (tertiary/aromatic N) is 2. The lowest BCUT2D eigenvalue weighted by Gasteiger charge is -2.43. The van der Waals surface area contributed by atoms with Gasteiger partial charge in [0.1, 0.15) is 5.75 Å². The Labute approximate surface area is 125 Å². The Morgan fingerprint density at radius 1 is 1.14 bits per heavy atom. The second-order valence-corrected chi connectivity index (χ2v) is 6.57. The number of amides is 1. The number of phenols is 1. The van der Waals surface area contributed by atoms with Gasteiger partial charge in [0.05, 0.1) is 0 Å². The summed E-state index contributed by atoms with van der Waals surface area (Å²) in [6.07, 6.45) is 5.20. The van der Waals surface area contributed by atoms with E-state index in [1.54, 1.807) is 0 Å². The first-order valence-corrected chi connectivity index (χ1v) is 8.07. The molecule has 1 aromatic rings. The summed E-state index contributed by atoms with van der Waals surface area (Å²) in [5.41, 5.74) is 2.69. The predicted octanol–water partition coefficient (Wildman–Crippen LogP) is 2.08. The summed E-state index contributed by atoms with van der Waals surface area (Å²) in [6, 6.07) is 6.73. The molecule has 1 aliphatic carbocycles. The Hall–Kier alpha value is -1.55. The van der Waals surface area contributed by atoms with Crippen LogP contribution in [-0.2, 0) is 11.2 Å². The van der Waals surface area contributed by atoms with Crippen LogP contribution in [0.15, 0.2) is 18.2 Å². The second kappa shape index (κ2) is 5.02. The SMILES string of the molecule is O=C1CCC2CN(C3CCCc4cc(O)ccc43)CCN12. The van der Waals surface area contributed by atoms with Crippen molar-refractivity contribution in [2.75, 3.05) is 19.6 Å². The van der Waals surface area contributed by atoms with E-state index in [0.717, 1.165) is 38.9 Å². The van der Waals surface area contributed by atoms with Crippen molar-refractivity contribution in [1.82, 2.24) is 9.80 Å². The molecule has 0 bridgehead atoms. The maximum Gasteiger partial charge on any atom is 0.222 e. The zero-order chi connectivity index (χ0) is 14.4. The maximum absolute atomic E-state index is 11.8. The molecule has 2 unspecified atom stereocenters. The Kier molecular flexibility index (Phi) is 3.14. The van der Waals surface area contributed by atoms with Crippen LogP contribution >= 0.6 is 0 Å². The van der Waals surface area contributed by atoms with Crippen molar-refractivity contribution in [2.45, 2.75) is 44.2 Å². The summed E-state index contributed by atoms with van der Waals surface area (Å²) in [6.45, 7) is 2.87. The minimum absolute atomic E-state index is 0.341. The molecule has 112 valence electrons. The summed E-state index contributed by atoms with van der Waals surface area (Å²) in [4.78, 5) is 16.5. The quantitative estimate of drug-likeness (QED) is 0.859. The van der Waals surface area contributed by atoms with Gasteiger partial charge < -0.3 is 10.0 Å². The number of rotatable bonds is 1. The van der Waals surface area contributed by atoms with Crippen LogP contribution in [0.5, 0.6) is 5.75 Å². The Balaban J connectivity index is 1.57. The molecule has 2 saturated heterocycles. The van der Waals surface area contributed by atoms with Crippen LogP contribution in [0.3, 0.4) is 0 Å². The molecule has 1 aromatic carbocycles. The largest absolute Gasteiger partial charge is 0.508 e. The first-order chi connectivity index (χ1) is 10.2. The number of fused-ring (bicyclic) bond motifs is 2. The van der Waals surface area contributed by atoms with Crippen LogP contribution in [0.4, 0.5) is 0 Å². The molecule has 1 amide bonds. The molecule has 0 aromatic heterocycles. The fourth-order valence-electron chi connectivity index (χ4n) is 4.33. The minimum atomic E-state index is 0.341. The van der Waals surface area contributed by atoms with Gasteiger partial charge in [0.2, 0.25) is 5.91 Å². The lowest BCUT2D eigenvalue weighted by molar-refractivity contribution is -0.131. The van der Waals surface area contributed by atoms with E-state index in [9.17, 15) is 9.90 Å². The lowest BCUT2D eigenvalue weighted by Crippen LogP contribution is -2.52. The summed E-state index contributed by atoms with van der Waals surface area (Å²) >= 11 is 0. The molecular weight excluding hydrogens is 264 g/mol. The number of hydrogen-bond acceptors (Lipinski definition) is 3. The molecule has 0 radical (unpaired) electrons. The molecule has 21 heavy (non-hydrogen) atoms. The topological polar surface area (TPSA) is 43.8 Å². The van der Waals surface area contributed by atoms with Crippen LogP contribution in [-0.4, -0.2) is 46.5 Å².